The van der Waals surface area contributed by atoms with Crippen molar-refractivity contribution in [3.05, 3.63) is 0 Å². The fourth-order valence-corrected chi connectivity index (χ4v) is 0. The Bertz CT molecular complexity index is 12.1. The SMILES string of the molecule is O.O.O.O.O.O.O.O.[Cr].[Ti].[Ti]. The van der Waals surface area contributed by atoms with Gasteiger partial charge in [-0.1, -0.05) is 0 Å². The minimum atomic E-state index is 0. The van der Waals surface area contributed by atoms with Crippen LogP contribution in [-0.2, 0) is 60.8 Å². The van der Waals surface area contributed by atoms with Crippen molar-refractivity contribution in [2.45, 2.75) is 0 Å². The van der Waals surface area contributed by atoms with E-state index >= 15 is 0 Å². The summed E-state index contributed by atoms with van der Waals surface area (Å²) in [5, 5.41) is 0. The molecular formula is H16CrO8Ti2. The molecule has 0 aromatic heterocycles. The van der Waals surface area contributed by atoms with Crippen LogP contribution in [0.3, 0.4) is 0 Å². The third-order valence-corrected chi connectivity index (χ3v) is 0. The third kappa shape index (κ3) is 402. The fourth-order valence-electron chi connectivity index (χ4n) is 0. The Kier molecular flexibility index (Phi) is 28300. The van der Waals surface area contributed by atoms with Gasteiger partial charge < -0.3 is 43.8 Å². The van der Waals surface area contributed by atoms with Gasteiger partial charge in [0.2, 0.25) is 0 Å². The van der Waals surface area contributed by atoms with Crippen LogP contribution in [0.5, 0.6) is 0 Å². The molecule has 0 heterocycles. The number of hydrogen-bond donors (Lipinski definition) is 0. The number of hydrogen-bond acceptors (Lipinski definition) is 0. The van der Waals surface area contributed by atoms with Gasteiger partial charge in [-0.05, 0) is 0 Å². The Balaban J connectivity index is 0. The molecular weight excluding hydrogens is 276 g/mol. The van der Waals surface area contributed by atoms with Crippen LogP contribution in [0.4, 0.5) is 0 Å². The first-order chi connectivity index (χ1) is 0. The van der Waals surface area contributed by atoms with Crippen molar-refractivity contribution in [2.24, 2.45) is 0 Å². The third-order valence-electron chi connectivity index (χ3n) is 0. The molecule has 0 aromatic rings. The zero-order chi connectivity index (χ0) is 0. The summed E-state index contributed by atoms with van der Waals surface area (Å²) in [4.78, 5) is 0. The van der Waals surface area contributed by atoms with Gasteiger partial charge in [0.1, 0.15) is 0 Å². The minimum absolute atomic E-state index is 0. The zero-order valence-corrected chi connectivity index (χ0v) is 9.81. The van der Waals surface area contributed by atoms with Gasteiger partial charge in [-0.2, -0.15) is 0 Å². The molecule has 11 heavy (non-hydrogen) atoms. The molecule has 8 nitrogen and oxygen atoms in total. The van der Waals surface area contributed by atoms with E-state index in [1.165, 1.54) is 0 Å². The molecule has 0 fully saturated rings. The van der Waals surface area contributed by atoms with Crippen molar-refractivity contribution >= 4 is 0 Å². The molecule has 0 saturated heterocycles. The Morgan fingerprint density at radius 1 is 0.273 bits per heavy atom. The minimum Gasteiger partial charge on any atom is -0.412 e. The van der Waals surface area contributed by atoms with Crippen LogP contribution in [0, 0.1) is 0 Å². The summed E-state index contributed by atoms with van der Waals surface area (Å²) < 4.78 is 0. The smallest absolute Gasteiger partial charge is 0 e. The van der Waals surface area contributed by atoms with Gasteiger partial charge in [0.15, 0.2) is 0 Å². The maximum Gasteiger partial charge on any atom is 0 e. The molecule has 0 radical (unpaired) electrons. The normalized spacial score (nSPS) is 0. The van der Waals surface area contributed by atoms with Crippen LogP contribution in [-0.4, -0.2) is 43.8 Å². The second-order valence-electron chi connectivity index (χ2n) is 0. The van der Waals surface area contributed by atoms with E-state index in [1.807, 2.05) is 0 Å². The molecule has 0 aliphatic rings. The van der Waals surface area contributed by atoms with Crippen LogP contribution in [0.25, 0.3) is 0 Å². The van der Waals surface area contributed by atoms with Crippen molar-refractivity contribution in [3.8, 4) is 0 Å². The zero-order valence-electron chi connectivity index (χ0n) is 5.41. The summed E-state index contributed by atoms with van der Waals surface area (Å²) >= 11 is 0. The van der Waals surface area contributed by atoms with E-state index in [4.69, 9.17) is 0 Å². The first kappa shape index (κ1) is 636. The summed E-state index contributed by atoms with van der Waals surface area (Å²) in [7, 11) is 0. The van der Waals surface area contributed by atoms with Gasteiger partial charge in [0, 0.05) is 60.8 Å². The van der Waals surface area contributed by atoms with Gasteiger partial charge in [-0.25, -0.2) is 0 Å². The Morgan fingerprint density at radius 2 is 0.273 bits per heavy atom. The maximum atomic E-state index is 0. The molecule has 0 spiro atoms. The molecule has 0 unspecified atom stereocenters. The molecule has 16 N–H and O–H groups in total. The van der Waals surface area contributed by atoms with Crippen molar-refractivity contribution in [1.82, 2.24) is 0 Å². The van der Waals surface area contributed by atoms with Crippen molar-refractivity contribution in [1.29, 1.82) is 0 Å². The van der Waals surface area contributed by atoms with E-state index < -0.39 is 0 Å². The molecule has 11 heteroatoms. The Morgan fingerprint density at radius 3 is 0.273 bits per heavy atom. The average Bonchev–Trinajstić information content (AvgIpc) is 0. The summed E-state index contributed by atoms with van der Waals surface area (Å²) in [5.41, 5.74) is 0. The molecule has 0 atom stereocenters. The topological polar surface area (TPSA) is 252 Å². The molecule has 0 rings (SSSR count). The molecule has 0 aliphatic heterocycles. The Labute approximate surface area is 104 Å². The van der Waals surface area contributed by atoms with Crippen LogP contribution < -0.4 is 0 Å². The maximum absolute atomic E-state index is 0. The second kappa shape index (κ2) is 489. The quantitative estimate of drug-likeness (QED) is 0.377. The molecule has 0 aromatic carbocycles. The monoisotopic (exact) mass is 292 g/mol. The van der Waals surface area contributed by atoms with E-state index in [2.05, 4.69) is 0 Å². The van der Waals surface area contributed by atoms with Crippen molar-refractivity contribution in [2.75, 3.05) is 0 Å². The van der Waals surface area contributed by atoms with Crippen molar-refractivity contribution in [3.63, 3.8) is 0 Å². The first-order valence-electron chi connectivity index (χ1n) is 0. The molecule has 78 valence electrons. The predicted octanol–water partition coefficient (Wildman–Crippen LogP) is -6.61. The van der Waals surface area contributed by atoms with Gasteiger partial charge in [-0.15, -0.1) is 0 Å². The average molecular weight is 292 g/mol. The summed E-state index contributed by atoms with van der Waals surface area (Å²) in [6.45, 7) is 0. The van der Waals surface area contributed by atoms with Crippen molar-refractivity contribution < 1.29 is 105 Å². The van der Waals surface area contributed by atoms with Crippen LogP contribution in [0.15, 0.2) is 0 Å². The molecule has 0 aliphatic carbocycles. The Hall–Kier alpha value is 1.64. The van der Waals surface area contributed by atoms with E-state index in [9.17, 15) is 0 Å². The summed E-state index contributed by atoms with van der Waals surface area (Å²) in [6, 6.07) is 0. The molecule has 0 amide bonds. The van der Waals surface area contributed by atoms with E-state index in [0.29, 0.717) is 0 Å². The molecule has 0 saturated carbocycles. The largest absolute Gasteiger partial charge is 0.412 e. The number of rotatable bonds is 0. The van der Waals surface area contributed by atoms with Crippen LogP contribution >= 0.6 is 0 Å². The second-order valence-corrected chi connectivity index (χ2v) is 0. The van der Waals surface area contributed by atoms with Gasteiger partial charge in [0.25, 0.3) is 0 Å². The van der Waals surface area contributed by atoms with E-state index in [0.717, 1.165) is 0 Å². The summed E-state index contributed by atoms with van der Waals surface area (Å²) in [6.07, 6.45) is 0. The summed E-state index contributed by atoms with van der Waals surface area (Å²) in [5.74, 6) is 0. The first-order valence-corrected chi connectivity index (χ1v) is 0. The van der Waals surface area contributed by atoms with E-state index in [-0.39, 0.29) is 105 Å². The van der Waals surface area contributed by atoms with Gasteiger partial charge in [0.05, 0.1) is 0 Å². The fraction of sp³-hybridized carbons (Fsp3) is 0. The van der Waals surface area contributed by atoms with Gasteiger partial charge >= 0.3 is 0 Å². The van der Waals surface area contributed by atoms with Gasteiger partial charge in [-0.3, -0.25) is 0 Å². The van der Waals surface area contributed by atoms with E-state index in [1.54, 1.807) is 0 Å². The standard InChI is InChI=1S/Cr.8H2O.2Ti/h;8*1H2;;. The van der Waals surface area contributed by atoms with Crippen LogP contribution in [0.2, 0.25) is 0 Å². The predicted molar refractivity (Wildman–Crippen MR) is 28.9 cm³/mol. The molecule has 0 bridgehead atoms. The van der Waals surface area contributed by atoms with Crippen LogP contribution in [0.1, 0.15) is 0 Å².